The lowest BCUT2D eigenvalue weighted by molar-refractivity contribution is -0.133. The van der Waals surface area contributed by atoms with Crippen LogP contribution in [0.5, 0.6) is 17.2 Å². The number of hydrogen-bond donors (Lipinski definition) is 2. The topological polar surface area (TPSA) is 106 Å². The van der Waals surface area contributed by atoms with E-state index in [2.05, 4.69) is 26.6 Å². The molecule has 1 fully saturated rings. The molecule has 1 saturated heterocycles. The number of ether oxygens (including phenoxy) is 3. The third-order valence-corrected chi connectivity index (χ3v) is 5.63. The lowest BCUT2D eigenvalue weighted by Crippen LogP contribution is -2.42. The van der Waals surface area contributed by atoms with Crippen LogP contribution in [0.25, 0.3) is 0 Å². The van der Waals surface area contributed by atoms with Gasteiger partial charge in [-0.05, 0) is 13.0 Å². The first kappa shape index (κ1) is 22.4. The van der Waals surface area contributed by atoms with Gasteiger partial charge in [0, 0.05) is 27.9 Å². The fourth-order valence-electron chi connectivity index (χ4n) is 3.39. The summed E-state index contributed by atoms with van der Waals surface area (Å²) >= 11 is 3.41. The zero-order chi connectivity index (χ0) is 22.8. The third kappa shape index (κ3) is 4.15. The largest absolute Gasteiger partial charge is 0.493 e. The Balaban J connectivity index is 1.79. The predicted octanol–water partition coefficient (Wildman–Crippen LogP) is 2.88. The Morgan fingerprint density at radius 2 is 1.71 bits per heavy atom. The maximum atomic E-state index is 13.0. The van der Waals surface area contributed by atoms with E-state index in [1.165, 1.54) is 21.3 Å². The summed E-state index contributed by atoms with van der Waals surface area (Å²) in [5.74, 6) is 0.00202. The Bertz CT molecular complexity index is 1020. The van der Waals surface area contributed by atoms with E-state index >= 15 is 0 Å². The summed E-state index contributed by atoms with van der Waals surface area (Å²) in [7, 11) is 4.38. The maximum absolute atomic E-state index is 13.0. The molecule has 31 heavy (non-hydrogen) atoms. The van der Waals surface area contributed by atoms with Gasteiger partial charge in [-0.1, -0.05) is 34.1 Å². The van der Waals surface area contributed by atoms with Crippen molar-refractivity contribution in [1.29, 1.82) is 0 Å². The van der Waals surface area contributed by atoms with E-state index in [1.54, 1.807) is 43.3 Å². The Kier molecular flexibility index (Phi) is 6.40. The number of carbonyl (C=O) groups excluding carboxylic acids is 3. The van der Waals surface area contributed by atoms with Crippen molar-refractivity contribution >= 4 is 39.5 Å². The molecule has 0 aromatic heterocycles. The fraction of sp³-hybridized carbons (Fsp3) is 0.286. The van der Waals surface area contributed by atoms with Gasteiger partial charge in [-0.3, -0.25) is 14.5 Å². The monoisotopic (exact) mass is 491 g/mol. The van der Waals surface area contributed by atoms with E-state index in [9.17, 15) is 14.4 Å². The van der Waals surface area contributed by atoms with Crippen LogP contribution in [0, 0.1) is 0 Å². The Morgan fingerprint density at radius 1 is 1.10 bits per heavy atom. The van der Waals surface area contributed by atoms with E-state index in [4.69, 9.17) is 14.2 Å². The van der Waals surface area contributed by atoms with Crippen molar-refractivity contribution in [3.63, 3.8) is 0 Å². The predicted molar refractivity (Wildman–Crippen MR) is 116 cm³/mol. The van der Waals surface area contributed by atoms with Gasteiger partial charge in [0.25, 0.3) is 5.91 Å². The molecule has 0 radical (unpaired) electrons. The molecule has 2 aromatic rings. The molecule has 1 aliphatic rings. The summed E-state index contributed by atoms with van der Waals surface area (Å²) in [6.45, 7) is 1.14. The molecular weight excluding hydrogens is 470 g/mol. The highest BCUT2D eigenvalue weighted by Crippen LogP contribution is 2.40. The zero-order valence-electron chi connectivity index (χ0n) is 17.4. The highest BCUT2D eigenvalue weighted by Gasteiger charge is 2.50. The van der Waals surface area contributed by atoms with Crippen molar-refractivity contribution < 1.29 is 28.6 Å². The molecule has 1 heterocycles. The van der Waals surface area contributed by atoms with Crippen LogP contribution in [0.4, 0.5) is 10.5 Å². The van der Waals surface area contributed by atoms with Gasteiger partial charge in [0.05, 0.1) is 21.3 Å². The van der Waals surface area contributed by atoms with Crippen LogP contribution in [0.1, 0.15) is 12.5 Å². The van der Waals surface area contributed by atoms with Gasteiger partial charge in [-0.2, -0.15) is 0 Å². The number of urea groups is 1. The van der Waals surface area contributed by atoms with E-state index < -0.39 is 29.9 Å². The molecule has 0 aliphatic carbocycles. The number of amides is 4. The van der Waals surface area contributed by atoms with Gasteiger partial charge in [0.1, 0.15) is 12.1 Å². The van der Waals surface area contributed by atoms with Crippen molar-refractivity contribution in [2.75, 3.05) is 33.2 Å². The minimum atomic E-state index is -1.29. The minimum absolute atomic E-state index is 0.355. The van der Waals surface area contributed by atoms with Crippen LogP contribution in [0.15, 0.2) is 40.9 Å². The van der Waals surface area contributed by atoms with Gasteiger partial charge in [0.15, 0.2) is 11.5 Å². The van der Waals surface area contributed by atoms with Crippen LogP contribution in [-0.2, 0) is 15.1 Å². The number of nitrogens with one attached hydrogen (secondary N) is 2. The minimum Gasteiger partial charge on any atom is -0.493 e. The van der Waals surface area contributed by atoms with Gasteiger partial charge in [-0.15, -0.1) is 0 Å². The number of imide groups is 1. The van der Waals surface area contributed by atoms with Crippen molar-refractivity contribution in [2.45, 2.75) is 12.5 Å². The number of rotatable bonds is 7. The molecule has 2 aromatic carbocycles. The van der Waals surface area contributed by atoms with Crippen LogP contribution in [0.2, 0.25) is 0 Å². The SMILES string of the molecule is COc1cc(NC(=O)CN2C(=O)N[C@@](C)(c3ccccc3Br)C2=O)cc(OC)c1OC. The Labute approximate surface area is 187 Å². The standard InChI is InChI=1S/C21H22BrN3O6/c1-21(13-7-5-6-8-14(13)22)19(27)25(20(28)24-21)11-17(26)23-12-9-15(29-2)18(31-4)16(10-12)30-3/h5-10H,11H2,1-4H3,(H,23,26)(H,24,28)/t21-/m0/s1. The van der Waals surface area contributed by atoms with Crippen LogP contribution in [-0.4, -0.2) is 50.6 Å². The lowest BCUT2D eigenvalue weighted by atomic mass is 9.92. The number of halogens is 1. The first-order valence-corrected chi connectivity index (χ1v) is 10.0. The normalized spacial score (nSPS) is 17.9. The number of benzene rings is 2. The molecule has 0 unspecified atom stereocenters. The van der Waals surface area contributed by atoms with Crippen molar-refractivity contribution in [3.8, 4) is 17.2 Å². The van der Waals surface area contributed by atoms with Gasteiger partial charge >= 0.3 is 6.03 Å². The highest BCUT2D eigenvalue weighted by atomic mass is 79.9. The molecule has 1 atom stereocenters. The highest BCUT2D eigenvalue weighted by molar-refractivity contribution is 9.10. The Morgan fingerprint density at radius 3 is 2.26 bits per heavy atom. The molecule has 3 rings (SSSR count). The van der Waals surface area contributed by atoms with Gasteiger partial charge in [-0.25, -0.2) is 4.79 Å². The van der Waals surface area contributed by atoms with Crippen molar-refractivity contribution in [1.82, 2.24) is 10.2 Å². The third-order valence-electron chi connectivity index (χ3n) is 4.94. The summed E-state index contributed by atoms with van der Waals surface area (Å²) in [5, 5.41) is 5.33. The lowest BCUT2D eigenvalue weighted by Gasteiger charge is -2.23. The van der Waals surface area contributed by atoms with E-state index in [-0.39, 0.29) is 0 Å². The summed E-state index contributed by atoms with van der Waals surface area (Å²) in [6, 6.07) is 9.54. The number of nitrogens with zero attached hydrogens (tertiary/aromatic N) is 1. The average molecular weight is 492 g/mol. The maximum Gasteiger partial charge on any atom is 0.325 e. The summed E-state index contributed by atoms with van der Waals surface area (Å²) in [5.41, 5.74) is -0.328. The molecule has 1 aliphatic heterocycles. The smallest absolute Gasteiger partial charge is 0.325 e. The van der Waals surface area contributed by atoms with Gasteiger partial charge < -0.3 is 24.8 Å². The van der Waals surface area contributed by atoms with Crippen LogP contribution < -0.4 is 24.8 Å². The molecular formula is C21H22BrN3O6. The second-order valence-electron chi connectivity index (χ2n) is 6.89. The fourth-order valence-corrected chi connectivity index (χ4v) is 4.07. The Hall–Kier alpha value is -3.27. The van der Waals surface area contributed by atoms with Crippen LogP contribution in [0.3, 0.4) is 0 Å². The summed E-state index contributed by atoms with van der Waals surface area (Å²) in [4.78, 5) is 39.0. The molecule has 0 bridgehead atoms. The number of carbonyl (C=O) groups is 3. The number of hydrogen-bond acceptors (Lipinski definition) is 6. The van der Waals surface area contributed by atoms with E-state index in [1.807, 2.05) is 0 Å². The molecule has 0 spiro atoms. The molecule has 0 saturated carbocycles. The number of anilines is 1. The van der Waals surface area contributed by atoms with Crippen LogP contribution >= 0.6 is 15.9 Å². The zero-order valence-corrected chi connectivity index (χ0v) is 19.0. The van der Waals surface area contributed by atoms with E-state index in [0.717, 1.165) is 4.90 Å². The van der Waals surface area contributed by atoms with Crippen molar-refractivity contribution in [2.24, 2.45) is 0 Å². The molecule has 164 valence electrons. The second-order valence-corrected chi connectivity index (χ2v) is 7.74. The van der Waals surface area contributed by atoms with Gasteiger partial charge in [0.2, 0.25) is 11.7 Å². The molecule has 10 heteroatoms. The molecule has 2 N–H and O–H groups in total. The first-order chi connectivity index (χ1) is 14.7. The molecule has 9 nitrogen and oxygen atoms in total. The summed E-state index contributed by atoms with van der Waals surface area (Å²) < 4.78 is 16.5. The second kappa shape index (κ2) is 8.84. The number of methoxy groups -OCH3 is 3. The average Bonchev–Trinajstić information content (AvgIpc) is 2.96. The summed E-state index contributed by atoms with van der Waals surface area (Å²) in [6.07, 6.45) is 0. The quantitative estimate of drug-likeness (QED) is 0.576. The molecule has 4 amide bonds. The first-order valence-electron chi connectivity index (χ1n) is 9.24. The van der Waals surface area contributed by atoms with E-state index in [0.29, 0.717) is 33.0 Å². The van der Waals surface area contributed by atoms with Crippen molar-refractivity contribution in [3.05, 3.63) is 46.4 Å².